The van der Waals surface area contributed by atoms with E-state index < -0.39 is 0 Å². The lowest BCUT2D eigenvalue weighted by molar-refractivity contribution is 0.148. The van der Waals surface area contributed by atoms with E-state index in [-0.39, 0.29) is 11.5 Å². The van der Waals surface area contributed by atoms with Crippen molar-refractivity contribution in [3.63, 3.8) is 0 Å². The summed E-state index contributed by atoms with van der Waals surface area (Å²) in [5.74, 6) is 0. The molecule has 1 rings (SSSR count). The molecule has 0 spiro atoms. The summed E-state index contributed by atoms with van der Waals surface area (Å²) in [5.41, 5.74) is 1.40. The Balaban J connectivity index is 2.52. The van der Waals surface area contributed by atoms with Crippen LogP contribution in [0.1, 0.15) is 40.0 Å². The van der Waals surface area contributed by atoms with Gasteiger partial charge in [0.25, 0.3) is 0 Å². The normalized spacial score (nSPS) is 19.8. The molecule has 0 amide bonds. The Labute approximate surface area is 81.2 Å². The van der Waals surface area contributed by atoms with Gasteiger partial charge in [0.15, 0.2) is 0 Å². The zero-order valence-corrected chi connectivity index (χ0v) is 8.88. The van der Waals surface area contributed by atoms with Crippen LogP contribution in [-0.4, -0.2) is 11.2 Å². The van der Waals surface area contributed by atoms with E-state index in [1.165, 1.54) is 5.57 Å². The fraction of sp³-hybridized carbons (Fsp3) is 0.667. The second-order valence-corrected chi connectivity index (χ2v) is 4.99. The molecule has 0 saturated heterocycles. The molecule has 0 saturated carbocycles. The van der Waals surface area contributed by atoms with Gasteiger partial charge in [-0.15, -0.1) is 0 Å². The molecule has 0 aromatic heterocycles. The van der Waals surface area contributed by atoms with Crippen LogP contribution in [0, 0.1) is 5.41 Å². The number of hydrogen-bond acceptors (Lipinski definition) is 1. The molecule has 0 aromatic rings. The fourth-order valence-corrected chi connectivity index (χ4v) is 1.61. The Kier molecular flexibility index (Phi) is 3.32. The highest BCUT2D eigenvalue weighted by atomic mass is 16.3. The summed E-state index contributed by atoms with van der Waals surface area (Å²) in [4.78, 5) is 0. The number of rotatable bonds is 2. The molecule has 0 radical (unpaired) electrons. The first-order valence-corrected chi connectivity index (χ1v) is 5.03. The van der Waals surface area contributed by atoms with Crippen LogP contribution < -0.4 is 0 Å². The van der Waals surface area contributed by atoms with E-state index >= 15 is 0 Å². The van der Waals surface area contributed by atoms with Crippen molar-refractivity contribution in [2.45, 2.75) is 46.1 Å². The van der Waals surface area contributed by atoms with Crippen LogP contribution in [0.15, 0.2) is 23.8 Å². The molecule has 0 heterocycles. The van der Waals surface area contributed by atoms with Crippen LogP contribution in [0.4, 0.5) is 0 Å². The molecule has 1 N–H and O–H groups in total. The minimum Gasteiger partial charge on any atom is -0.389 e. The van der Waals surface area contributed by atoms with Crippen molar-refractivity contribution in [3.8, 4) is 0 Å². The second kappa shape index (κ2) is 4.10. The summed E-state index contributed by atoms with van der Waals surface area (Å²) in [6.45, 7) is 6.49. The van der Waals surface area contributed by atoms with Crippen LogP contribution >= 0.6 is 0 Å². The van der Waals surface area contributed by atoms with Gasteiger partial charge in [0.1, 0.15) is 0 Å². The molecule has 0 bridgehead atoms. The van der Waals surface area contributed by atoms with Crippen molar-refractivity contribution in [1.82, 2.24) is 0 Å². The summed E-state index contributed by atoms with van der Waals surface area (Å²) < 4.78 is 0. The highest BCUT2D eigenvalue weighted by Crippen LogP contribution is 2.26. The Morgan fingerprint density at radius 1 is 1.46 bits per heavy atom. The molecule has 1 nitrogen and oxygen atoms in total. The molecule has 1 aliphatic rings. The average Bonchev–Trinajstić information content (AvgIpc) is 2.03. The monoisotopic (exact) mass is 180 g/mol. The largest absolute Gasteiger partial charge is 0.389 e. The molecule has 1 atom stereocenters. The minimum atomic E-state index is -0.245. The van der Waals surface area contributed by atoms with E-state index in [2.05, 4.69) is 32.9 Å². The fourth-order valence-electron chi connectivity index (χ4n) is 1.61. The van der Waals surface area contributed by atoms with E-state index in [0.29, 0.717) is 0 Å². The molecule has 0 aliphatic heterocycles. The highest BCUT2D eigenvalue weighted by Gasteiger charge is 2.19. The zero-order valence-electron chi connectivity index (χ0n) is 8.88. The summed E-state index contributed by atoms with van der Waals surface area (Å²) in [7, 11) is 0. The maximum absolute atomic E-state index is 9.91. The predicted octanol–water partition coefficient (Wildman–Crippen LogP) is 3.06. The van der Waals surface area contributed by atoms with Gasteiger partial charge in [0.2, 0.25) is 0 Å². The standard InChI is InChI=1S/C12H20O/c1-12(2,3)9-11(13)10-7-5-4-6-8-10/h4-5,7,11,13H,6,8-9H2,1-3H3. The topological polar surface area (TPSA) is 20.2 Å². The average molecular weight is 180 g/mol. The third kappa shape index (κ3) is 3.77. The second-order valence-electron chi connectivity index (χ2n) is 4.99. The first-order valence-electron chi connectivity index (χ1n) is 5.03. The third-order valence-electron chi connectivity index (χ3n) is 2.28. The number of aliphatic hydroxyl groups excluding tert-OH is 1. The van der Waals surface area contributed by atoms with Crippen molar-refractivity contribution in [1.29, 1.82) is 0 Å². The summed E-state index contributed by atoms with van der Waals surface area (Å²) in [6.07, 6.45) is 8.95. The van der Waals surface area contributed by atoms with Gasteiger partial charge in [0.05, 0.1) is 6.10 Å². The van der Waals surface area contributed by atoms with E-state index in [9.17, 15) is 5.11 Å². The zero-order chi connectivity index (χ0) is 9.90. The Hall–Kier alpha value is -0.560. The van der Waals surface area contributed by atoms with Gasteiger partial charge in [0, 0.05) is 0 Å². The van der Waals surface area contributed by atoms with Crippen molar-refractivity contribution in [3.05, 3.63) is 23.8 Å². The van der Waals surface area contributed by atoms with Gasteiger partial charge in [-0.1, -0.05) is 39.0 Å². The number of aliphatic hydroxyl groups is 1. The molecular weight excluding hydrogens is 160 g/mol. The van der Waals surface area contributed by atoms with Gasteiger partial charge < -0.3 is 5.11 Å². The SMILES string of the molecule is CC(C)(C)CC(O)C1=CC=CCC1. The van der Waals surface area contributed by atoms with Gasteiger partial charge in [-0.25, -0.2) is 0 Å². The molecule has 1 heteroatoms. The Morgan fingerprint density at radius 3 is 2.62 bits per heavy atom. The van der Waals surface area contributed by atoms with Crippen molar-refractivity contribution in [2.75, 3.05) is 0 Å². The van der Waals surface area contributed by atoms with Crippen molar-refractivity contribution in [2.24, 2.45) is 5.41 Å². The third-order valence-corrected chi connectivity index (χ3v) is 2.28. The lowest BCUT2D eigenvalue weighted by Crippen LogP contribution is -2.20. The first-order chi connectivity index (χ1) is 5.99. The number of allylic oxidation sites excluding steroid dienone is 3. The van der Waals surface area contributed by atoms with Gasteiger partial charge in [-0.2, -0.15) is 0 Å². The number of hydrogen-bond donors (Lipinski definition) is 1. The van der Waals surface area contributed by atoms with Crippen molar-refractivity contribution < 1.29 is 5.11 Å². The van der Waals surface area contributed by atoms with E-state index in [4.69, 9.17) is 0 Å². The van der Waals surface area contributed by atoms with Crippen molar-refractivity contribution >= 4 is 0 Å². The van der Waals surface area contributed by atoms with E-state index in [0.717, 1.165) is 19.3 Å². The van der Waals surface area contributed by atoms with E-state index in [1.54, 1.807) is 0 Å². The van der Waals surface area contributed by atoms with Crippen LogP contribution in [0.25, 0.3) is 0 Å². The molecule has 0 aromatic carbocycles. The lowest BCUT2D eigenvalue weighted by Gasteiger charge is -2.24. The maximum Gasteiger partial charge on any atom is 0.0758 e. The van der Waals surface area contributed by atoms with E-state index in [1.807, 2.05) is 6.08 Å². The smallest absolute Gasteiger partial charge is 0.0758 e. The van der Waals surface area contributed by atoms with Gasteiger partial charge in [-0.05, 0) is 30.3 Å². The molecule has 1 unspecified atom stereocenters. The molecule has 1 aliphatic carbocycles. The van der Waals surface area contributed by atoms with Gasteiger partial charge in [-0.3, -0.25) is 0 Å². The maximum atomic E-state index is 9.91. The van der Waals surface area contributed by atoms with Crippen LogP contribution in [0.5, 0.6) is 0 Å². The minimum absolute atomic E-state index is 0.210. The van der Waals surface area contributed by atoms with Crippen LogP contribution in [0.2, 0.25) is 0 Å². The molecule has 74 valence electrons. The Morgan fingerprint density at radius 2 is 2.15 bits per heavy atom. The lowest BCUT2D eigenvalue weighted by atomic mass is 9.85. The van der Waals surface area contributed by atoms with Crippen LogP contribution in [0.3, 0.4) is 0 Å². The molecule has 13 heavy (non-hydrogen) atoms. The molecule has 0 fully saturated rings. The summed E-state index contributed by atoms with van der Waals surface area (Å²) in [5, 5.41) is 9.91. The van der Waals surface area contributed by atoms with Crippen LogP contribution in [-0.2, 0) is 0 Å². The Bertz CT molecular complexity index is 218. The predicted molar refractivity (Wildman–Crippen MR) is 56.5 cm³/mol. The summed E-state index contributed by atoms with van der Waals surface area (Å²) >= 11 is 0. The quantitative estimate of drug-likeness (QED) is 0.692. The first kappa shape index (κ1) is 10.5. The molecular formula is C12H20O. The van der Waals surface area contributed by atoms with Gasteiger partial charge >= 0.3 is 0 Å². The highest BCUT2D eigenvalue weighted by molar-refractivity contribution is 5.20. The summed E-state index contributed by atoms with van der Waals surface area (Å²) in [6, 6.07) is 0.